The number of aryl methyl sites for hydroxylation is 1. The predicted octanol–water partition coefficient (Wildman–Crippen LogP) is 2.38. The van der Waals surface area contributed by atoms with Gasteiger partial charge in [0.05, 0.1) is 17.6 Å². The second kappa shape index (κ2) is 7.48. The Balaban J connectivity index is 1.77. The zero-order valence-corrected chi connectivity index (χ0v) is 17.0. The number of hydrogen-bond acceptors (Lipinski definition) is 5. The monoisotopic (exact) mass is 401 g/mol. The Kier molecular flexibility index (Phi) is 5.65. The average Bonchev–Trinajstić information content (AvgIpc) is 2.60. The summed E-state index contributed by atoms with van der Waals surface area (Å²) < 4.78 is 57.9. The van der Waals surface area contributed by atoms with E-state index in [1.54, 1.807) is 12.1 Å². The fraction of sp³-hybridized carbons (Fsp3) is 0.667. The van der Waals surface area contributed by atoms with Crippen LogP contribution in [0.1, 0.15) is 44.6 Å². The van der Waals surface area contributed by atoms with Crippen LogP contribution in [-0.2, 0) is 26.3 Å². The van der Waals surface area contributed by atoms with Crippen molar-refractivity contribution in [3.63, 3.8) is 0 Å². The second-order valence-electron chi connectivity index (χ2n) is 7.13. The standard InChI is InChI=1S/C18H27NO5S2/c1-3-14-9-10-17(24-2)18(11-14)26(22,23)19-12-16(13-19)25(20,21)15-7-5-4-6-8-15/h9-11,15-16H,3-8,12-13H2,1-2H3. The van der Waals surface area contributed by atoms with E-state index in [1.807, 2.05) is 13.0 Å². The Morgan fingerprint density at radius 2 is 1.69 bits per heavy atom. The minimum Gasteiger partial charge on any atom is -0.495 e. The third kappa shape index (κ3) is 3.51. The van der Waals surface area contributed by atoms with Gasteiger partial charge in [-0.2, -0.15) is 4.31 Å². The highest BCUT2D eigenvalue weighted by molar-refractivity contribution is 7.93. The van der Waals surface area contributed by atoms with Gasteiger partial charge in [-0.05, 0) is 37.0 Å². The number of sulfone groups is 1. The molecule has 0 unspecified atom stereocenters. The number of ether oxygens (including phenoxy) is 1. The van der Waals surface area contributed by atoms with E-state index in [9.17, 15) is 16.8 Å². The highest BCUT2D eigenvalue weighted by atomic mass is 32.2. The first kappa shape index (κ1) is 19.6. The highest BCUT2D eigenvalue weighted by Gasteiger charge is 2.47. The van der Waals surface area contributed by atoms with Crippen molar-refractivity contribution in [2.45, 2.75) is 60.8 Å². The molecule has 1 saturated carbocycles. The van der Waals surface area contributed by atoms with E-state index >= 15 is 0 Å². The molecule has 0 radical (unpaired) electrons. The normalized spacial score (nSPS) is 20.7. The topological polar surface area (TPSA) is 80.8 Å². The molecule has 8 heteroatoms. The van der Waals surface area contributed by atoms with Crippen molar-refractivity contribution in [2.75, 3.05) is 20.2 Å². The Hall–Kier alpha value is -1.12. The summed E-state index contributed by atoms with van der Waals surface area (Å²) in [5, 5.41) is -0.884. The van der Waals surface area contributed by atoms with Gasteiger partial charge in [0.15, 0.2) is 9.84 Å². The summed E-state index contributed by atoms with van der Waals surface area (Å²) in [6.07, 6.45) is 5.10. The number of rotatable bonds is 6. The van der Waals surface area contributed by atoms with Crippen LogP contribution in [-0.4, -0.2) is 51.8 Å². The van der Waals surface area contributed by atoms with Gasteiger partial charge in [0.2, 0.25) is 10.0 Å². The summed E-state index contributed by atoms with van der Waals surface area (Å²) in [6, 6.07) is 5.11. The molecule has 1 aromatic rings. The Morgan fingerprint density at radius 1 is 1.04 bits per heavy atom. The van der Waals surface area contributed by atoms with Gasteiger partial charge in [0.25, 0.3) is 0 Å². The zero-order chi connectivity index (χ0) is 18.9. The van der Waals surface area contributed by atoms with Gasteiger partial charge in [-0.3, -0.25) is 0 Å². The quantitative estimate of drug-likeness (QED) is 0.731. The SMILES string of the molecule is CCc1ccc(OC)c(S(=O)(=O)N2CC(S(=O)(=O)C3CCCCC3)C2)c1. The van der Waals surface area contributed by atoms with Crippen molar-refractivity contribution in [1.82, 2.24) is 4.31 Å². The van der Waals surface area contributed by atoms with E-state index in [2.05, 4.69) is 0 Å². The minimum absolute atomic E-state index is 0.0423. The lowest BCUT2D eigenvalue weighted by Gasteiger charge is -2.40. The molecule has 1 saturated heterocycles. The van der Waals surface area contributed by atoms with Crippen LogP contribution in [0, 0.1) is 0 Å². The fourth-order valence-corrected chi connectivity index (χ4v) is 7.99. The molecule has 26 heavy (non-hydrogen) atoms. The molecule has 0 spiro atoms. The van der Waals surface area contributed by atoms with Crippen molar-refractivity contribution < 1.29 is 21.6 Å². The lowest BCUT2D eigenvalue weighted by molar-refractivity contribution is 0.304. The maximum atomic E-state index is 13.0. The number of sulfonamides is 1. The lowest BCUT2D eigenvalue weighted by Crippen LogP contribution is -2.58. The van der Waals surface area contributed by atoms with Crippen LogP contribution in [0.4, 0.5) is 0 Å². The van der Waals surface area contributed by atoms with Gasteiger partial charge in [-0.25, -0.2) is 16.8 Å². The van der Waals surface area contributed by atoms with Gasteiger partial charge >= 0.3 is 0 Å². The molecule has 0 atom stereocenters. The minimum atomic E-state index is -3.76. The molecule has 1 aliphatic carbocycles. The summed E-state index contributed by atoms with van der Waals surface area (Å²) in [4.78, 5) is 0.118. The second-order valence-corrected chi connectivity index (χ2v) is 11.5. The first-order valence-electron chi connectivity index (χ1n) is 9.20. The van der Waals surface area contributed by atoms with Gasteiger partial charge < -0.3 is 4.74 Å². The Morgan fingerprint density at radius 3 is 2.27 bits per heavy atom. The van der Waals surface area contributed by atoms with E-state index < -0.39 is 25.1 Å². The summed E-state index contributed by atoms with van der Waals surface area (Å²) in [5.74, 6) is 0.292. The lowest BCUT2D eigenvalue weighted by atomic mass is 10.0. The Bertz CT molecular complexity index is 852. The van der Waals surface area contributed by atoms with E-state index in [-0.39, 0.29) is 23.2 Å². The van der Waals surface area contributed by atoms with Crippen LogP contribution < -0.4 is 4.74 Å². The number of hydrogen-bond donors (Lipinski definition) is 0. The maximum absolute atomic E-state index is 13.0. The van der Waals surface area contributed by atoms with Crippen LogP contribution in [0.5, 0.6) is 5.75 Å². The predicted molar refractivity (Wildman–Crippen MR) is 101 cm³/mol. The molecule has 6 nitrogen and oxygen atoms in total. The number of benzene rings is 1. The molecule has 1 aliphatic heterocycles. The summed E-state index contributed by atoms with van der Waals surface area (Å²) in [5.41, 5.74) is 0.899. The van der Waals surface area contributed by atoms with E-state index in [0.29, 0.717) is 25.0 Å². The average molecular weight is 402 g/mol. The van der Waals surface area contributed by atoms with Crippen LogP contribution in [0.25, 0.3) is 0 Å². The summed E-state index contributed by atoms with van der Waals surface area (Å²) >= 11 is 0. The third-order valence-corrected chi connectivity index (χ3v) is 10.0. The van der Waals surface area contributed by atoms with Crippen molar-refractivity contribution in [2.24, 2.45) is 0 Å². The molecule has 0 bridgehead atoms. The van der Waals surface area contributed by atoms with Crippen LogP contribution in [0.3, 0.4) is 0 Å². The summed E-state index contributed by atoms with van der Waals surface area (Å²) in [6.45, 7) is 2.04. The first-order chi connectivity index (χ1) is 12.3. The zero-order valence-electron chi connectivity index (χ0n) is 15.3. The van der Waals surface area contributed by atoms with Crippen molar-refractivity contribution in [3.05, 3.63) is 23.8 Å². The summed E-state index contributed by atoms with van der Waals surface area (Å²) in [7, 11) is -5.59. The molecule has 0 N–H and O–H groups in total. The number of nitrogens with zero attached hydrogens (tertiary/aromatic N) is 1. The molecule has 146 valence electrons. The van der Waals surface area contributed by atoms with Gasteiger partial charge in [0, 0.05) is 13.1 Å². The molecule has 0 amide bonds. The van der Waals surface area contributed by atoms with Crippen LogP contribution in [0.15, 0.2) is 23.1 Å². The fourth-order valence-electron chi connectivity index (χ4n) is 3.75. The van der Waals surface area contributed by atoms with E-state index in [1.165, 1.54) is 11.4 Å². The Labute approximate surface area is 156 Å². The highest BCUT2D eigenvalue weighted by Crippen LogP contribution is 2.34. The molecule has 0 aromatic heterocycles. The first-order valence-corrected chi connectivity index (χ1v) is 12.3. The van der Waals surface area contributed by atoms with Gasteiger partial charge in [0.1, 0.15) is 10.6 Å². The van der Waals surface area contributed by atoms with Crippen LogP contribution in [0.2, 0.25) is 0 Å². The van der Waals surface area contributed by atoms with Crippen molar-refractivity contribution >= 4 is 19.9 Å². The molecular formula is C18H27NO5S2. The molecule has 1 heterocycles. The molecule has 1 aromatic carbocycles. The van der Waals surface area contributed by atoms with Crippen LogP contribution >= 0.6 is 0 Å². The van der Waals surface area contributed by atoms with Gasteiger partial charge in [-0.15, -0.1) is 0 Å². The smallest absolute Gasteiger partial charge is 0.246 e. The molecule has 2 aliphatic rings. The molecule has 3 rings (SSSR count). The number of methoxy groups -OCH3 is 1. The third-order valence-electron chi connectivity index (χ3n) is 5.55. The molecular weight excluding hydrogens is 374 g/mol. The molecule has 2 fully saturated rings. The van der Waals surface area contributed by atoms with Gasteiger partial charge in [-0.1, -0.05) is 32.3 Å². The van der Waals surface area contributed by atoms with E-state index in [4.69, 9.17) is 4.74 Å². The largest absolute Gasteiger partial charge is 0.495 e. The van der Waals surface area contributed by atoms with E-state index in [0.717, 1.165) is 24.8 Å². The van der Waals surface area contributed by atoms with Crippen molar-refractivity contribution in [3.8, 4) is 5.75 Å². The van der Waals surface area contributed by atoms with Crippen molar-refractivity contribution in [1.29, 1.82) is 0 Å². The maximum Gasteiger partial charge on any atom is 0.246 e.